The van der Waals surface area contributed by atoms with Gasteiger partial charge in [0.15, 0.2) is 6.10 Å². The van der Waals surface area contributed by atoms with E-state index in [-0.39, 0.29) is 12.2 Å². The molecular formula is C22H31N2O4S+. The van der Waals surface area contributed by atoms with Crippen LogP contribution in [0.15, 0.2) is 34.3 Å². The average molecular weight is 420 g/mol. The maximum atomic E-state index is 13.0. The van der Waals surface area contributed by atoms with Crippen LogP contribution >= 0.6 is 11.3 Å². The molecule has 5 rings (SSSR count). The molecule has 1 amide bonds. The van der Waals surface area contributed by atoms with Gasteiger partial charge in [-0.1, -0.05) is 0 Å². The van der Waals surface area contributed by atoms with Crippen LogP contribution in [0.3, 0.4) is 0 Å². The Kier molecular flexibility index (Phi) is 6.27. The highest BCUT2D eigenvalue weighted by atomic mass is 32.1. The third-order valence-electron chi connectivity index (χ3n) is 6.45. The maximum Gasteiger partial charge on any atom is 0.415 e. The molecule has 3 fully saturated rings. The number of hydrogen-bond donors (Lipinski definition) is 0. The van der Waals surface area contributed by atoms with Crippen molar-refractivity contribution < 1.29 is 23.2 Å². The van der Waals surface area contributed by atoms with Crippen LogP contribution in [0.2, 0.25) is 0 Å². The molecule has 5 heterocycles. The Morgan fingerprint density at radius 2 is 2.17 bits per heavy atom. The molecule has 0 spiro atoms. The van der Waals surface area contributed by atoms with Crippen LogP contribution in [0.5, 0.6) is 0 Å². The van der Waals surface area contributed by atoms with Crippen LogP contribution in [0.1, 0.15) is 31.1 Å². The number of rotatable bonds is 8. The van der Waals surface area contributed by atoms with Crippen LogP contribution < -0.4 is 4.90 Å². The topological polar surface area (TPSA) is 51.9 Å². The van der Waals surface area contributed by atoms with E-state index in [1.807, 2.05) is 24.4 Å². The lowest BCUT2D eigenvalue weighted by molar-refractivity contribution is -0.946. The van der Waals surface area contributed by atoms with Gasteiger partial charge in [-0.25, -0.2) is 4.79 Å². The van der Waals surface area contributed by atoms with Crippen molar-refractivity contribution in [2.75, 3.05) is 51.3 Å². The number of quaternary nitrogens is 1. The summed E-state index contributed by atoms with van der Waals surface area (Å²) in [7, 11) is 1.81. The summed E-state index contributed by atoms with van der Waals surface area (Å²) in [5.41, 5.74) is 1.08. The summed E-state index contributed by atoms with van der Waals surface area (Å²) < 4.78 is 18.1. The normalized spacial score (nSPS) is 25.9. The molecule has 6 nitrogen and oxygen atoms in total. The number of fused-ring (bicyclic) bond motifs is 3. The number of piperidine rings is 3. The van der Waals surface area contributed by atoms with E-state index >= 15 is 0 Å². The molecule has 3 aliphatic rings. The Hall–Kier alpha value is -1.83. The lowest BCUT2D eigenvalue weighted by Crippen LogP contribution is -2.65. The number of furan rings is 1. The smallest absolute Gasteiger partial charge is 0.415 e. The molecule has 158 valence electrons. The van der Waals surface area contributed by atoms with Gasteiger partial charge in [-0.15, -0.1) is 11.3 Å². The molecule has 2 aromatic rings. The fourth-order valence-electron chi connectivity index (χ4n) is 4.72. The number of ether oxygens (including phenoxy) is 2. The molecule has 0 aliphatic carbocycles. The van der Waals surface area contributed by atoms with E-state index in [1.54, 1.807) is 29.5 Å². The minimum atomic E-state index is -0.255. The molecule has 1 atom stereocenters. The van der Waals surface area contributed by atoms with Crippen LogP contribution in [-0.2, 0) is 15.9 Å². The zero-order valence-corrected chi connectivity index (χ0v) is 18.2. The molecule has 3 saturated heterocycles. The summed E-state index contributed by atoms with van der Waals surface area (Å²) >= 11 is 1.56. The van der Waals surface area contributed by atoms with Gasteiger partial charge in [0.2, 0.25) is 0 Å². The van der Waals surface area contributed by atoms with Gasteiger partial charge < -0.3 is 18.4 Å². The summed E-state index contributed by atoms with van der Waals surface area (Å²) in [6.07, 6.45) is 4.37. The van der Waals surface area contributed by atoms with Crippen molar-refractivity contribution >= 4 is 22.4 Å². The van der Waals surface area contributed by atoms with E-state index in [9.17, 15) is 4.79 Å². The Labute approximate surface area is 176 Å². The largest absolute Gasteiger partial charge is 0.469 e. The minimum absolute atomic E-state index is 0.00237. The number of carbonyl (C=O) groups is 1. The average Bonchev–Trinajstić information content (AvgIpc) is 3.41. The van der Waals surface area contributed by atoms with E-state index < -0.39 is 0 Å². The first-order chi connectivity index (χ1) is 14.1. The monoisotopic (exact) mass is 419 g/mol. The predicted octanol–water partition coefficient (Wildman–Crippen LogP) is 4.15. The molecule has 0 radical (unpaired) electrons. The highest BCUT2D eigenvalue weighted by molar-refractivity contribution is 7.14. The molecule has 2 bridgehead atoms. The lowest BCUT2D eigenvalue weighted by atomic mass is 9.83. The quantitative estimate of drug-likeness (QED) is 0.476. The molecular weight excluding hydrogens is 388 g/mol. The van der Waals surface area contributed by atoms with E-state index in [2.05, 4.69) is 6.07 Å². The van der Waals surface area contributed by atoms with Crippen molar-refractivity contribution in [1.29, 1.82) is 0 Å². The summed E-state index contributed by atoms with van der Waals surface area (Å²) in [4.78, 5) is 14.6. The van der Waals surface area contributed by atoms with Crippen LogP contribution in [0.25, 0.3) is 0 Å². The molecule has 0 unspecified atom stereocenters. The summed E-state index contributed by atoms with van der Waals surface area (Å²) in [6.45, 7) is 7.87. The van der Waals surface area contributed by atoms with Gasteiger partial charge in [-0.3, -0.25) is 4.90 Å². The SMILES string of the molecule is CCOCC[N+]12CCC(CC1)[C@@H](OC(=O)N(C)c1sccc1Cc1ccco1)C2. The van der Waals surface area contributed by atoms with Crippen molar-refractivity contribution in [3.05, 3.63) is 41.2 Å². The molecule has 2 aromatic heterocycles. The van der Waals surface area contributed by atoms with Crippen molar-refractivity contribution in [2.24, 2.45) is 5.92 Å². The highest BCUT2D eigenvalue weighted by Gasteiger charge is 2.47. The summed E-state index contributed by atoms with van der Waals surface area (Å²) in [6, 6.07) is 5.89. The number of amides is 1. The fraction of sp³-hybridized carbons (Fsp3) is 0.591. The first-order valence-electron chi connectivity index (χ1n) is 10.6. The predicted molar refractivity (Wildman–Crippen MR) is 113 cm³/mol. The van der Waals surface area contributed by atoms with Crippen molar-refractivity contribution in [3.63, 3.8) is 0 Å². The van der Waals surface area contributed by atoms with Gasteiger partial charge in [-0.05, 0) is 36.1 Å². The molecule has 0 saturated carbocycles. The summed E-state index contributed by atoms with van der Waals surface area (Å²) in [5, 5.41) is 2.94. The Bertz CT molecular complexity index is 796. The van der Waals surface area contributed by atoms with Gasteiger partial charge in [0.25, 0.3) is 0 Å². The maximum absolute atomic E-state index is 13.0. The van der Waals surface area contributed by atoms with E-state index in [1.165, 1.54) is 13.1 Å². The van der Waals surface area contributed by atoms with E-state index in [0.717, 1.165) is 60.0 Å². The Morgan fingerprint density at radius 1 is 1.34 bits per heavy atom. The number of thiophene rings is 1. The Morgan fingerprint density at radius 3 is 2.90 bits per heavy atom. The van der Waals surface area contributed by atoms with E-state index in [0.29, 0.717) is 12.3 Å². The standard InChI is InChI=1S/C22H31N2O4S/c1-3-26-13-11-24-9-6-17(7-10-24)20(16-24)28-22(25)23(2)21-18(8-14-29-21)15-19-5-4-12-27-19/h4-5,8,12,14,17,20H,3,6-7,9-11,13,15-16H2,1-2H3/q+1/t17?,20-,24?/m0/s1. The zero-order chi connectivity index (χ0) is 20.3. The molecule has 7 heteroatoms. The number of anilines is 1. The van der Waals surface area contributed by atoms with Gasteiger partial charge >= 0.3 is 6.09 Å². The van der Waals surface area contributed by atoms with Crippen LogP contribution in [0, 0.1) is 5.92 Å². The minimum Gasteiger partial charge on any atom is -0.469 e. The van der Waals surface area contributed by atoms with Gasteiger partial charge in [0.1, 0.15) is 23.9 Å². The lowest BCUT2D eigenvalue weighted by Gasteiger charge is -2.52. The van der Waals surface area contributed by atoms with Gasteiger partial charge in [0.05, 0.1) is 26.0 Å². The fourth-order valence-corrected chi connectivity index (χ4v) is 5.61. The molecule has 0 aromatic carbocycles. The second kappa shape index (κ2) is 8.90. The van der Waals surface area contributed by atoms with E-state index in [4.69, 9.17) is 13.9 Å². The molecule has 3 aliphatic heterocycles. The number of carbonyl (C=O) groups excluding carboxylic acids is 1. The Balaban J connectivity index is 1.39. The zero-order valence-electron chi connectivity index (χ0n) is 17.3. The second-order valence-corrected chi connectivity index (χ2v) is 9.11. The first-order valence-corrected chi connectivity index (χ1v) is 11.4. The first kappa shape index (κ1) is 20.4. The molecule has 29 heavy (non-hydrogen) atoms. The third-order valence-corrected chi connectivity index (χ3v) is 7.49. The van der Waals surface area contributed by atoms with Crippen LogP contribution in [-0.4, -0.2) is 63.1 Å². The third kappa shape index (κ3) is 4.52. The van der Waals surface area contributed by atoms with Gasteiger partial charge in [0, 0.05) is 38.8 Å². The van der Waals surface area contributed by atoms with Crippen molar-refractivity contribution in [3.8, 4) is 0 Å². The second-order valence-electron chi connectivity index (χ2n) is 8.22. The van der Waals surface area contributed by atoms with Crippen molar-refractivity contribution in [2.45, 2.75) is 32.3 Å². The van der Waals surface area contributed by atoms with Crippen LogP contribution in [0.4, 0.5) is 9.80 Å². The number of hydrogen-bond acceptors (Lipinski definition) is 5. The number of nitrogens with zero attached hydrogens (tertiary/aromatic N) is 2. The molecule has 0 N–H and O–H groups in total. The summed E-state index contributed by atoms with van der Waals surface area (Å²) in [5.74, 6) is 1.38. The van der Waals surface area contributed by atoms with Crippen molar-refractivity contribution in [1.82, 2.24) is 0 Å². The highest BCUT2D eigenvalue weighted by Crippen LogP contribution is 2.36. The van der Waals surface area contributed by atoms with Gasteiger partial charge in [-0.2, -0.15) is 0 Å².